The molecule has 0 fully saturated rings. The summed E-state index contributed by atoms with van der Waals surface area (Å²) < 4.78 is 11.1. The van der Waals surface area contributed by atoms with Gasteiger partial charge in [-0.25, -0.2) is 0 Å². The topological polar surface area (TPSA) is 117 Å². The molecule has 4 rings (SSSR count). The van der Waals surface area contributed by atoms with Gasteiger partial charge in [-0.2, -0.15) is 5.26 Å². The van der Waals surface area contributed by atoms with Crippen molar-refractivity contribution < 1.29 is 14.3 Å². The average molecular weight is 452 g/mol. The number of ether oxygens (including phenoxy) is 2. The van der Waals surface area contributed by atoms with Crippen LogP contribution in [0.3, 0.4) is 0 Å². The second-order valence-corrected chi connectivity index (χ2v) is 7.22. The number of nitriles is 1. The molecular weight excluding hydrogens is 432 g/mol. The SMILES string of the molecule is COc1cc(-c2cc(-c3ccncc3)[nH]c(=O)c2C#N)ccc1OCC(=O)Nc1ccccc1. The molecule has 0 saturated carbocycles. The van der Waals surface area contributed by atoms with Gasteiger partial charge in [-0.3, -0.25) is 14.6 Å². The molecule has 0 radical (unpaired) electrons. The van der Waals surface area contributed by atoms with E-state index in [0.29, 0.717) is 34.0 Å². The fourth-order valence-electron chi connectivity index (χ4n) is 3.40. The summed E-state index contributed by atoms with van der Waals surface area (Å²) in [4.78, 5) is 31.5. The number of para-hydroxylation sites is 1. The number of H-pyrrole nitrogens is 1. The van der Waals surface area contributed by atoms with E-state index in [1.807, 2.05) is 24.3 Å². The summed E-state index contributed by atoms with van der Waals surface area (Å²) in [6.45, 7) is -0.217. The molecule has 0 aliphatic rings. The number of nitrogens with zero attached hydrogens (tertiary/aromatic N) is 2. The third-order valence-electron chi connectivity index (χ3n) is 5.03. The van der Waals surface area contributed by atoms with E-state index >= 15 is 0 Å². The molecule has 2 heterocycles. The lowest BCUT2D eigenvalue weighted by molar-refractivity contribution is -0.118. The van der Waals surface area contributed by atoms with E-state index in [0.717, 1.165) is 5.56 Å². The van der Waals surface area contributed by atoms with Crippen LogP contribution in [0.4, 0.5) is 5.69 Å². The Kier molecular flexibility index (Phi) is 6.65. The van der Waals surface area contributed by atoms with Crippen molar-refractivity contribution in [3.8, 4) is 40.0 Å². The minimum Gasteiger partial charge on any atom is -0.493 e. The first-order chi connectivity index (χ1) is 16.6. The zero-order valence-electron chi connectivity index (χ0n) is 18.2. The van der Waals surface area contributed by atoms with Crippen LogP contribution in [0, 0.1) is 11.3 Å². The lowest BCUT2D eigenvalue weighted by Crippen LogP contribution is -2.20. The van der Waals surface area contributed by atoms with Crippen LogP contribution in [-0.4, -0.2) is 29.6 Å². The monoisotopic (exact) mass is 452 g/mol. The first-order valence-electron chi connectivity index (χ1n) is 10.3. The molecule has 2 aromatic heterocycles. The Labute approximate surface area is 195 Å². The van der Waals surface area contributed by atoms with Gasteiger partial charge in [0.2, 0.25) is 0 Å². The van der Waals surface area contributed by atoms with E-state index in [1.54, 1.807) is 60.9 Å². The Morgan fingerprint density at radius 2 is 1.79 bits per heavy atom. The van der Waals surface area contributed by atoms with Crippen molar-refractivity contribution in [3.63, 3.8) is 0 Å². The Morgan fingerprint density at radius 1 is 1.03 bits per heavy atom. The molecule has 4 aromatic rings. The molecule has 1 amide bonds. The van der Waals surface area contributed by atoms with Gasteiger partial charge >= 0.3 is 0 Å². The van der Waals surface area contributed by atoms with E-state index < -0.39 is 5.56 Å². The second-order valence-electron chi connectivity index (χ2n) is 7.22. The molecule has 0 aliphatic heterocycles. The van der Waals surface area contributed by atoms with Gasteiger partial charge in [0.05, 0.1) is 7.11 Å². The number of hydrogen-bond donors (Lipinski definition) is 2. The van der Waals surface area contributed by atoms with E-state index in [2.05, 4.69) is 15.3 Å². The highest BCUT2D eigenvalue weighted by atomic mass is 16.5. The van der Waals surface area contributed by atoms with Crippen LogP contribution in [-0.2, 0) is 4.79 Å². The number of pyridine rings is 2. The largest absolute Gasteiger partial charge is 0.493 e. The summed E-state index contributed by atoms with van der Waals surface area (Å²) >= 11 is 0. The lowest BCUT2D eigenvalue weighted by atomic mass is 9.99. The van der Waals surface area contributed by atoms with Crippen LogP contribution < -0.4 is 20.3 Å². The molecule has 8 nitrogen and oxygen atoms in total. The van der Waals surface area contributed by atoms with Crippen LogP contribution >= 0.6 is 0 Å². The van der Waals surface area contributed by atoms with Crippen LogP contribution in [0.25, 0.3) is 22.4 Å². The quantitative estimate of drug-likeness (QED) is 0.438. The minimum absolute atomic E-state index is 0.0178. The normalized spacial score (nSPS) is 10.2. The second kappa shape index (κ2) is 10.1. The maximum Gasteiger partial charge on any atom is 0.266 e. The summed E-state index contributed by atoms with van der Waals surface area (Å²) in [6, 6.07) is 21.3. The zero-order valence-corrected chi connectivity index (χ0v) is 18.2. The number of nitrogens with one attached hydrogen (secondary N) is 2. The van der Waals surface area contributed by atoms with Gasteiger partial charge in [-0.05, 0) is 48.0 Å². The molecule has 34 heavy (non-hydrogen) atoms. The van der Waals surface area contributed by atoms with Crippen LogP contribution in [0.1, 0.15) is 5.56 Å². The van der Waals surface area contributed by atoms with Gasteiger partial charge < -0.3 is 19.8 Å². The molecule has 8 heteroatoms. The van der Waals surface area contributed by atoms with Gasteiger partial charge in [0.25, 0.3) is 11.5 Å². The molecule has 2 aromatic carbocycles. The van der Waals surface area contributed by atoms with E-state index in [-0.39, 0.29) is 18.1 Å². The van der Waals surface area contributed by atoms with Crippen molar-refractivity contribution in [3.05, 3.63) is 95.0 Å². The van der Waals surface area contributed by atoms with Crippen molar-refractivity contribution in [1.82, 2.24) is 9.97 Å². The van der Waals surface area contributed by atoms with Crippen molar-refractivity contribution in [1.29, 1.82) is 5.26 Å². The van der Waals surface area contributed by atoms with Gasteiger partial charge in [-0.15, -0.1) is 0 Å². The number of amides is 1. The van der Waals surface area contributed by atoms with Gasteiger partial charge in [0, 0.05) is 34.9 Å². The maximum atomic E-state index is 12.6. The van der Waals surface area contributed by atoms with Crippen LogP contribution in [0.2, 0.25) is 0 Å². The molecule has 168 valence electrons. The van der Waals surface area contributed by atoms with E-state index in [1.165, 1.54) is 7.11 Å². The highest BCUT2D eigenvalue weighted by molar-refractivity contribution is 5.91. The summed E-state index contributed by atoms with van der Waals surface area (Å²) in [5.74, 6) is 0.396. The number of methoxy groups -OCH3 is 1. The Bertz CT molecular complexity index is 1410. The van der Waals surface area contributed by atoms with Gasteiger partial charge in [-0.1, -0.05) is 24.3 Å². The number of anilines is 1. The van der Waals surface area contributed by atoms with Gasteiger partial charge in [0.15, 0.2) is 18.1 Å². The Morgan fingerprint density at radius 3 is 2.50 bits per heavy atom. The molecular formula is C26H20N4O4. The first kappa shape index (κ1) is 22.3. The highest BCUT2D eigenvalue weighted by Crippen LogP contribution is 2.34. The van der Waals surface area contributed by atoms with Crippen molar-refractivity contribution in [2.24, 2.45) is 0 Å². The molecule has 0 aliphatic carbocycles. The lowest BCUT2D eigenvalue weighted by Gasteiger charge is -2.13. The number of aromatic nitrogens is 2. The first-order valence-corrected chi connectivity index (χ1v) is 10.3. The Balaban J connectivity index is 1.61. The van der Waals surface area contributed by atoms with Crippen LogP contribution in [0.5, 0.6) is 11.5 Å². The van der Waals surface area contributed by atoms with Crippen molar-refractivity contribution in [2.45, 2.75) is 0 Å². The van der Waals surface area contributed by atoms with Crippen molar-refractivity contribution >= 4 is 11.6 Å². The van der Waals surface area contributed by atoms with E-state index in [9.17, 15) is 14.9 Å². The smallest absolute Gasteiger partial charge is 0.266 e. The van der Waals surface area contributed by atoms with E-state index in [4.69, 9.17) is 9.47 Å². The summed E-state index contributed by atoms with van der Waals surface area (Å²) in [6.07, 6.45) is 3.24. The Hall–Kier alpha value is -4.90. The minimum atomic E-state index is -0.497. The average Bonchev–Trinajstić information content (AvgIpc) is 2.88. The third kappa shape index (κ3) is 4.95. The predicted molar refractivity (Wildman–Crippen MR) is 128 cm³/mol. The number of benzene rings is 2. The summed E-state index contributed by atoms with van der Waals surface area (Å²) in [7, 11) is 1.47. The highest BCUT2D eigenvalue weighted by Gasteiger charge is 2.15. The van der Waals surface area contributed by atoms with Crippen molar-refractivity contribution in [2.75, 3.05) is 19.0 Å². The number of carbonyl (C=O) groups excluding carboxylic acids is 1. The number of rotatable bonds is 7. The number of carbonyl (C=O) groups is 1. The molecule has 0 atom stereocenters. The third-order valence-corrected chi connectivity index (χ3v) is 5.03. The maximum absolute atomic E-state index is 12.6. The summed E-state index contributed by atoms with van der Waals surface area (Å²) in [5.41, 5.74) is 2.51. The van der Waals surface area contributed by atoms with Crippen LogP contribution in [0.15, 0.2) is 83.9 Å². The molecule has 2 N–H and O–H groups in total. The molecule has 0 saturated heterocycles. The molecule has 0 bridgehead atoms. The molecule has 0 unspecified atom stereocenters. The fourth-order valence-corrected chi connectivity index (χ4v) is 3.40. The predicted octanol–water partition coefficient (Wildman–Crippen LogP) is 4.00. The zero-order chi connectivity index (χ0) is 23.9. The number of hydrogen-bond acceptors (Lipinski definition) is 6. The number of aromatic amines is 1. The van der Waals surface area contributed by atoms with Gasteiger partial charge in [0.1, 0.15) is 11.6 Å². The standard InChI is InChI=1S/C26H20N4O4/c1-33-24-13-18(7-8-23(24)34-16-25(31)29-19-5-3-2-4-6-19)20-14-22(17-9-11-28-12-10-17)30-26(32)21(20)15-27/h2-14H,16H2,1H3,(H,29,31)(H,30,32). The summed E-state index contributed by atoms with van der Waals surface area (Å²) in [5, 5.41) is 12.3. The fraction of sp³-hybridized carbons (Fsp3) is 0.0769. The molecule has 0 spiro atoms.